The van der Waals surface area contributed by atoms with E-state index in [4.69, 9.17) is 17.0 Å². The molecule has 0 unspecified atom stereocenters. The summed E-state index contributed by atoms with van der Waals surface area (Å²) in [7, 11) is 0. The Morgan fingerprint density at radius 2 is 1.79 bits per heavy atom. The summed E-state index contributed by atoms with van der Waals surface area (Å²) in [6.45, 7) is 4.03. The largest absolute Gasteiger partial charge is 0.379 e. The lowest BCUT2D eigenvalue weighted by molar-refractivity contribution is -0.129. The van der Waals surface area contributed by atoms with Gasteiger partial charge in [0.1, 0.15) is 5.57 Å². The molecule has 0 saturated carbocycles. The first-order valence-corrected chi connectivity index (χ1v) is 11.2. The molecule has 0 bridgehead atoms. The Kier molecular flexibility index (Phi) is 6.25. The fourth-order valence-corrected chi connectivity index (χ4v) is 4.14. The molecule has 1 aromatic carbocycles. The van der Waals surface area contributed by atoms with Crippen molar-refractivity contribution in [2.75, 3.05) is 39.4 Å². The molecule has 34 heavy (non-hydrogen) atoms. The number of nitrogens with one attached hydrogen (secondary N) is 3. The summed E-state index contributed by atoms with van der Waals surface area (Å²) in [5.74, 6) is -0.316. The molecule has 4 heterocycles. The molecule has 0 aliphatic carbocycles. The Hall–Kier alpha value is -3.74. The fourth-order valence-electron chi connectivity index (χ4n) is 3.87. The van der Waals surface area contributed by atoms with Crippen molar-refractivity contribution in [2.45, 2.75) is 0 Å². The average Bonchev–Trinajstić information content (AvgIpc) is 3.55. The van der Waals surface area contributed by atoms with Crippen LogP contribution in [0.5, 0.6) is 0 Å². The number of benzene rings is 1. The monoisotopic (exact) mass is 478 g/mol. The molecular weight excluding hydrogens is 456 g/mol. The zero-order valence-corrected chi connectivity index (χ0v) is 19.0. The molecule has 0 spiro atoms. The van der Waals surface area contributed by atoms with Gasteiger partial charge in [-0.15, -0.1) is 5.10 Å². The number of morpholine rings is 1. The van der Waals surface area contributed by atoms with Crippen LogP contribution in [0, 0.1) is 0 Å². The number of aromatic amines is 2. The van der Waals surface area contributed by atoms with Gasteiger partial charge in [0.2, 0.25) is 0 Å². The molecule has 12 heteroatoms. The highest BCUT2D eigenvalue weighted by atomic mass is 32.1. The molecule has 2 saturated heterocycles. The van der Waals surface area contributed by atoms with Crippen LogP contribution in [0.4, 0.5) is 0 Å². The van der Waals surface area contributed by atoms with Crippen LogP contribution in [-0.4, -0.2) is 91.7 Å². The van der Waals surface area contributed by atoms with Crippen LogP contribution in [0.3, 0.4) is 0 Å². The van der Waals surface area contributed by atoms with Gasteiger partial charge in [-0.25, -0.2) is 5.10 Å². The van der Waals surface area contributed by atoms with Gasteiger partial charge >= 0.3 is 0 Å². The Bertz CT molecular complexity index is 1230. The SMILES string of the molecule is O=C1NC(=S)N(CCN2CCOCC2)C(=O)C1=Cc1ccc(-c2ccc(-c3nnn[nH]3)cc2)[nH]1. The van der Waals surface area contributed by atoms with Crippen LogP contribution in [0.25, 0.3) is 28.7 Å². The zero-order valence-electron chi connectivity index (χ0n) is 18.2. The molecule has 11 nitrogen and oxygen atoms in total. The number of ether oxygens (including phenoxy) is 1. The van der Waals surface area contributed by atoms with E-state index in [1.54, 1.807) is 6.08 Å². The van der Waals surface area contributed by atoms with Gasteiger partial charge in [-0.1, -0.05) is 24.3 Å². The topological polar surface area (TPSA) is 132 Å². The summed E-state index contributed by atoms with van der Waals surface area (Å²) in [4.78, 5) is 32.5. The highest BCUT2D eigenvalue weighted by Crippen LogP contribution is 2.23. The minimum atomic E-state index is -0.501. The lowest BCUT2D eigenvalue weighted by atomic mass is 10.1. The fraction of sp³-hybridized carbons (Fsp3) is 0.273. The van der Waals surface area contributed by atoms with Gasteiger partial charge < -0.3 is 9.72 Å². The third-order valence-electron chi connectivity index (χ3n) is 5.75. The lowest BCUT2D eigenvalue weighted by Gasteiger charge is -2.32. The van der Waals surface area contributed by atoms with E-state index in [0.717, 1.165) is 29.9 Å². The van der Waals surface area contributed by atoms with Gasteiger partial charge in [0.25, 0.3) is 11.8 Å². The second-order valence-electron chi connectivity index (χ2n) is 7.88. The molecule has 2 amide bonds. The summed E-state index contributed by atoms with van der Waals surface area (Å²) in [5, 5.41) is 16.6. The van der Waals surface area contributed by atoms with E-state index in [1.165, 1.54) is 4.90 Å². The Labute approximate surface area is 200 Å². The molecule has 0 atom stereocenters. The minimum Gasteiger partial charge on any atom is -0.379 e. The smallest absolute Gasteiger partial charge is 0.265 e. The Balaban J connectivity index is 1.30. The third kappa shape index (κ3) is 4.64. The second-order valence-corrected chi connectivity index (χ2v) is 8.27. The van der Waals surface area contributed by atoms with Crippen LogP contribution in [0.1, 0.15) is 5.69 Å². The quantitative estimate of drug-likeness (QED) is 0.270. The molecule has 174 valence electrons. The number of amides is 2. The number of rotatable bonds is 6. The first-order valence-electron chi connectivity index (χ1n) is 10.8. The summed E-state index contributed by atoms with van der Waals surface area (Å²) in [6, 6.07) is 11.4. The van der Waals surface area contributed by atoms with E-state index in [1.807, 2.05) is 36.4 Å². The van der Waals surface area contributed by atoms with Crippen molar-refractivity contribution in [2.24, 2.45) is 0 Å². The highest BCUT2D eigenvalue weighted by Gasteiger charge is 2.33. The lowest BCUT2D eigenvalue weighted by Crippen LogP contribution is -2.56. The van der Waals surface area contributed by atoms with E-state index in [9.17, 15) is 9.59 Å². The molecule has 5 rings (SSSR count). The normalized spacial score (nSPS) is 18.5. The standard InChI is InChI=1S/C22H22N8O3S/c31-20-17(21(32)30(22(34)24-20)8-7-29-9-11-33-12-10-29)13-16-5-6-18(23-16)14-1-3-15(4-2-14)19-25-27-28-26-19/h1-6,13,23H,7-12H2,(H,24,31,34)(H,25,26,27,28). The predicted octanol–water partition coefficient (Wildman–Crippen LogP) is 0.821. The number of carbonyl (C=O) groups excluding carboxylic acids is 2. The van der Waals surface area contributed by atoms with E-state index < -0.39 is 11.8 Å². The number of nitrogens with zero attached hydrogens (tertiary/aromatic N) is 5. The molecule has 0 radical (unpaired) electrons. The zero-order chi connectivity index (χ0) is 23.5. The van der Waals surface area contributed by atoms with Gasteiger partial charge in [0, 0.05) is 43.1 Å². The first kappa shape index (κ1) is 22.1. The number of hydrogen-bond donors (Lipinski definition) is 3. The maximum absolute atomic E-state index is 13.1. The molecule has 2 aliphatic rings. The van der Waals surface area contributed by atoms with Crippen LogP contribution in [0.2, 0.25) is 0 Å². The number of tetrazole rings is 1. The molecule has 3 aromatic rings. The van der Waals surface area contributed by atoms with Crippen LogP contribution in [0.15, 0.2) is 42.0 Å². The van der Waals surface area contributed by atoms with Crippen LogP contribution < -0.4 is 5.32 Å². The summed E-state index contributed by atoms with van der Waals surface area (Å²) in [5.41, 5.74) is 3.32. The molecule has 3 N–H and O–H groups in total. The average molecular weight is 479 g/mol. The summed E-state index contributed by atoms with van der Waals surface area (Å²) >= 11 is 5.25. The highest BCUT2D eigenvalue weighted by molar-refractivity contribution is 7.80. The maximum Gasteiger partial charge on any atom is 0.265 e. The Morgan fingerprint density at radius 3 is 2.53 bits per heavy atom. The van der Waals surface area contributed by atoms with E-state index in [2.05, 4.69) is 35.8 Å². The molecular formula is C22H22N8O3S. The third-order valence-corrected chi connectivity index (χ3v) is 6.07. The van der Waals surface area contributed by atoms with Crippen molar-refractivity contribution >= 4 is 35.2 Å². The van der Waals surface area contributed by atoms with Crippen molar-refractivity contribution in [3.05, 3.63) is 47.7 Å². The van der Waals surface area contributed by atoms with Crippen molar-refractivity contribution in [1.82, 2.24) is 40.7 Å². The molecule has 2 fully saturated rings. The number of hydrogen-bond acceptors (Lipinski definition) is 8. The van der Waals surface area contributed by atoms with Crippen molar-refractivity contribution < 1.29 is 14.3 Å². The van der Waals surface area contributed by atoms with Gasteiger partial charge in [-0.05, 0) is 46.4 Å². The molecule has 2 aromatic heterocycles. The van der Waals surface area contributed by atoms with Gasteiger partial charge in [0.15, 0.2) is 10.9 Å². The summed E-state index contributed by atoms with van der Waals surface area (Å²) < 4.78 is 5.36. The van der Waals surface area contributed by atoms with Crippen molar-refractivity contribution in [3.8, 4) is 22.6 Å². The van der Waals surface area contributed by atoms with Crippen LogP contribution in [-0.2, 0) is 14.3 Å². The second kappa shape index (κ2) is 9.63. The first-order chi connectivity index (χ1) is 16.6. The van der Waals surface area contributed by atoms with E-state index in [0.29, 0.717) is 37.8 Å². The molecule has 2 aliphatic heterocycles. The minimum absolute atomic E-state index is 0.0390. The van der Waals surface area contributed by atoms with Gasteiger partial charge in [-0.2, -0.15) is 0 Å². The van der Waals surface area contributed by atoms with E-state index in [-0.39, 0.29) is 10.7 Å². The van der Waals surface area contributed by atoms with Gasteiger partial charge in [-0.3, -0.25) is 24.7 Å². The number of carbonyl (C=O) groups is 2. The van der Waals surface area contributed by atoms with Gasteiger partial charge in [0.05, 0.1) is 13.2 Å². The number of aromatic nitrogens is 5. The number of H-pyrrole nitrogens is 2. The van der Waals surface area contributed by atoms with E-state index >= 15 is 0 Å². The Morgan fingerprint density at radius 1 is 1.03 bits per heavy atom. The number of thiocarbonyl (C=S) groups is 1. The van der Waals surface area contributed by atoms with Crippen molar-refractivity contribution in [3.63, 3.8) is 0 Å². The van der Waals surface area contributed by atoms with Crippen LogP contribution >= 0.6 is 12.2 Å². The maximum atomic E-state index is 13.1. The van der Waals surface area contributed by atoms with Crippen molar-refractivity contribution in [1.29, 1.82) is 0 Å². The predicted molar refractivity (Wildman–Crippen MR) is 127 cm³/mol. The summed E-state index contributed by atoms with van der Waals surface area (Å²) in [6.07, 6.45) is 1.55.